The van der Waals surface area contributed by atoms with Crippen molar-refractivity contribution in [3.8, 4) is 0 Å². The van der Waals surface area contributed by atoms with Crippen molar-refractivity contribution in [1.82, 2.24) is 10.3 Å². The van der Waals surface area contributed by atoms with Crippen LogP contribution >= 0.6 is 0 Å². The smallest absolute Gasteiger partial charge is 0.253 e. The van der Waals surface area contributed by atoms with Crippen molar-refractivity contribution in [2.75, 3.05) is 6.54 Å². The third-order valence-electron chi connectivity index (χ3n) is 2.80. The summed E-state index contributed by atoms with van der Waals surface area (Å²) in [6.07, 6.45) is 0. The van der Waals surface area contributed by atoms with Crippen LogP contribution in [0.4, 0.5) is 0 Å². The van der Waals surface area contributed by atoms with Gasteiger partial charge < -0.3 is 15.4 Å². The maximum atomic E-state index is 12.1. The summed E-state index contributed by atoms with van der Waals surface area (Å²) in [5.41, 5.74) is 1.53. The minimum Gasteiger partial charge on any atom is -0.389 e. The van der Waals surface area contributed by atoms with Crippen molar-refractivity contribution in [2.45, 2.75) is 26.4 Å². The lowest BCUT2D eigenvalue weighted by molar-refractivity contribution is 0.0695. The molecule has 18 heavy (non-hydrogen) atoms. The van der Waals surface area contributed by atoms with Crippen LogP contribution in [0.25, 0.3) is 10.9 Å². The fraction of sp³-hybridized carbons (Fsp3) is 0.357. The first-order chi connectivity index (χ1) is 8.38. The SMILES string of the molecule is Cc1[nH]c2ccccc2c1C(=O)NCC(C)(C)O. The first-order valence-electron chi connectivity index (χ1n) is 5.96. The second kappa shape index (κ2) is 4.46. The van der Waals surface area contributed by atoms with Crippen LogP contribution in [0.5, 0.6) is 0 Å². The van der Waals surface area contributed by atoms with E-state index in [2.05, 4.69) is 10.3 Å². The summed E-state index contributed by atoms with van der Waals surface area (Å²) in [4.78, 5) is 15.3. The highest BCUT2D eigenvalue weighted by Gasteiger charge is 2.18. The second-order valence-electron chi connectivity index (χ2n) is 5.17. The number of hydrogen-bond acceptors (Lipinski definition) is 2. The Morgan fingerprint density at radius 3 is 2.72 bits per heavy atom. The molecule has 1 aromatic carbocycles. The number of aliphatic hydroxyl groups is 1. The monoisotopic (exact) mass is 246 g/mol. The van der Waals surface area contributed by atoms with E-state index in [1.165, 1.54) is 0 Å². The van der Waals surface area contributed by atoms with Crippen LogP contribution in [-0.2, 0) is 0 Å². The lowest BCUT2D eigenvalue weighted by Gasteiger charge is -2.17. The molecule has 2 aromatic rings. The summed E-state index contributed by atoms with van der Waals surface area (Å²) >= 11 is 0. The molecule has 0 aliphatic rings. The number of para-hydroxylation sites is 1. The van der Waals surface area contributed by atoms with Gasteiger partial charge >= 0.3 is 0 Å². The van der Waals surface area contributed by atoms with Gasteiger partial charge in [-0.1, -0.05) is 18.2 Å². The van der Waals surface area contributed by atoms with Crippen molar-refractivity contribution < 1.29 is 9.90 Å². The Bertz CT molecular complexity index is 579. The average Bonchev–Trinajstić information content (AvgIpc) is 2.61. The number of nitrogens with one attached hydrogen (secondary N) is 2. The normalized spacial score (nSPS) is 11.8. The summed E-state index contributed by atoms with van der Waals surface area (Å²) in [6, 6.07) is 7.69. The van der Waals surface area contributed by atoms with Gasteiger partial charge in [0.15, 0.2) is 0 Å². The van der Waals surface area contributed by atoms with Gasteiger partial charge in [0, 0.05) is 23.1 Å². The predicted octanol–water partition coefficient (Wildman–Crippen LogP) is 1.98. The van der Waals surface area contributed by atoms with Crippen LogP contribution in [0, 0.1) is 6.92 Å². The molecule has 0 aliphatic heterocycles. The van der Waals surface area contributed by atoms with Gasteiger partial charge in [-0.2, -0.15) is 0 Å². The maximum Gasteiger partial charge on any atom is 0.253 e. The van der Waals surface area contributed by atoms with Gasteiger partial charge in [-0.05, 0) is 26.8 Å². The first-order valence-corrected chi connectivity index (χ1v) is 5.96. The van der Waals surface area contributed by atoms with Gasteiger partial charge in [0.2, 0.25) is 0 Å². The van der Waals surface area contributed by atoms with E-state index in [-0.39, 0.29) is 12.5 Å². The van der Waals surface area contributed by atoms with E-state index in [1.807, 2.05) is 31.2 Å². The number of rotatable bonds is 3. The Kier molecular flexibility index (Phi) is 3.13. The molecule has 1 amide bonds. The number of benzene rings is 1. The zero-order valence-electron chi connectivity index (χ0n) is 10.9. The molecule has 0 unspecified atom stereocenters. The van der Waals surface area contributed by atoms with E-state index in [4.69, 9.17) is 0 Å². The third-order valence-corrected chi connectivity index (χ3v) is 2.80. The first kappa shape index (κ1) is 12.6. The molecule has 0 bridgehead atoms. The molecule has 0 saturated heterocycles. The Labute approximate surface area is 106 Å². The Balaban J connectivity index is 2.30. The van der Waals surface area contributed by atoms with Crippen molar-refractivity contribution >= 4 is 16.8 Å². The van der Waals surface area contributed by atoms with Gasteiger partial charge in [0.25, 0.3) is 5.91 Å². The summed E-state index contributed by atoms with van der Waals surface area (Å²) < 4.78 is 0. The number of aryl methyl sites for hydroxylation is 1. The lowest BCUT2D eigenvalue weighted by Crippen LogP contribution is -2.38. The zero-order chi connectivity index (χ0) is 13.3. The summed E-state index contributed by atoms with van der Waals surface area (Å²) in [7, 11) is 0. The van der Waals surface area contributed by atoms with Crippen molar-refractivity contribution in [1.29, 1.82) is 0 Å². The highest BCUT2D eigenvalue weighted by atomic mass is 16.3. The van der Waals surface area contributed by atoms with Crippen molar-refractivity contribution in [2.24, 2.45) is 0 Å². The van der Waals surface area contributed by atoms with Gasteiger partial charge in [0.1, 0.15) is 0 Å². The number of amides is 1. The molecule has 0 aliphatic carbocycles. The number of aromatic amines is 1. The molecule has 3 N–H and O–H groups in total. The molecule has 2 rings (SSSR count). The van der Waals surface area contributed by atoms with Crippen LogP contribution in [-0.4, -0.2) is 28.1 Å². The van der Waals surface area contributed by atoms with E-state index in [0.717, 1.165) is 16.6 Å². The predicted molar refractivity (Wildman–Crippen MR) is 71.7 cm³/mol. The topological polar surface area (TPSA) is 65.1 Å². The zero-order valence-corrected chi connectivity index (χ0v) is 10.9. The molecular weight excluding hydrogens is 228 g/mol. The van der Waals surface area contributed by atoms with E-state index in [0.29, 0.717) is 5.56 Å². The molecule has 0 saturated carbocycles. The maximum absolute atomic E-state index is 12.1. The summed E-state index contributed by atoms with van der Waals surface area (Å²) in [6.45, 7) is 5.43. The largest absolute Gasteiger partial charge is 0.389 e. The highest BCUT2D eigenvalue weighted by Crippen LogP contribution is 2.21. The Hall–Kier alpha value is -1.81. The molecule has 1 aromatic heterocycles. The summed E-state index contributed by atoms with van der Waals surface area (Å²) in [5.74, 6) is -0.160. The van der Waals surface area contributed by atoms with Crippen LogP contribution in [0.1, 0.15) is 29.9 Å². The van der Waals surface area contributed by atoms with Crippen LogP contribution < -0.4 is 5.32 Å². The Morgan fingerprint density at radius 1 is 1.39 bits per heavy atom. The van der Waals surface area contributed by atoms with Gasteiger partial charge in [-0.25, -0.2) is 0 Å². The number of aromatic nitrogens is 1. The van der Waals surface area contributed by atoms with Crippen LogP contribution in [0.3, 0.4) is 0 Å². The van der Waals surface area contributed by atoms with E-state index in [9.17, 15) is 9.90 Å². The fourth-order valence-electron chi connectivity index (χ4n) is 1.95. The molecular formula is C14H18N2O2. The molecule has 96 valence electrons. The minimum atomic E-state index is -0.907. The number of hydrogen-bond donors (Lipinski definition) is 3. The van der Waals surface area contributed by atoms with E-state index in [1.54, 1.807) is 13.8 Å². The molecule has 0 fully saturated rings. The molecule has 0 atom stereocenters. The van der Waals surface area contributed by atoms with Crippen molar-refractivity contribution in [3.05, 3.63) is 35.5 Å². The minimum absolute atomic E-state index is 0.160. The fourth-order valence-corrected chi connectivity index (χ4v) is 1.95. The summed E-state index contributed by atoms with van der Waals surface area (Å²) in [5, 5.41) is 13.3. The quantitative estimate of drug-likeness (QED) is 0.775. The third kappa shape index (κ3) is 2.54. The van der Waals surface area contributed by atoms with E-state index < -0.39 is 5.60 Å². The van der Waals surface area contributed by atoms with Crippen molar-refractivity contribution in [3.63, 3.8) is 0 Å². The number of fused-ring (bicyclic) bond motifs is 1. The molecule has 0 spiro atoms. The average molecular weight is 246 g/mol. The number of H-pyrrole nitrogens is 1. The Morgan fingerprint density at radius 2 is 2.06 bits per heavy atom. The molecule has 0 radical (unpaired) electrons. The number of carbonyl (C=O) groups is 1. The molecule has 1 heterocycles. The lowest BCUT2D eigenvalue weighted by atomic mass is 10.1. The van der Waals surface area contributed by atoms with Gasteiger partial charge in [-0.3, -0.25) is 4.79 Å². The van der Waals surface area contributed by atoms with Crippen LogP contribution in [0.15, 0.2) is 24.3 Å². The highest BCUT2D eigenvalue weighted by molar-refractivity contribution is 6.08. The van der Waals surface area contributed by atoms with Gasteiger partial charge in [0.05, 0.1) is 11.2 Å². The van der Waals surface area contributed by atoms with Crippen LogP contribution in [0.2, 0.25) is 0 Å². The molecule has 4 heteroatoms. The van der Waals surface area contributed by atoms with E-state index >= 15 is 0 Å². The van der Waals surface area contributed by atoms with Gasteiger partial charge in [-0.15, -0.1) is 0 Å². The second-order valence-corrected chi connectivity index (χ2v) is 5.17. The standard InChI is InChI=1S/C14H18N2O2/c1-9-12(13(17)15-8-14(2,3)18)10-6-4-5-7-11(10)16-9/h4-7,16,18H,8H2,1-3H3,(H,15,17). The molecule has 4 nitrogen and oxygen atoms in total. The number of carbonyl (C=O) groups excluding carboxylic acids is 1.